The lowest BCUT2D eigenvalue weighted by molar-refractivity contribution is -0.0489. The summed E-state index contributed by atoms with van der Waals surface area (Å²) >= 11 is 0. The largest absolute Gasteiger partial charge is 0.269 e. The topological polar surface area (TPSA) is 68.5 Å². The van der Waals surface area contributed by atoms with E-state index in [1.54, 1.807) is 25.3 Å². The van der Waals surface area contributed by atoms with E-state index in [0.29, 0.717) is 18.5 Å². The summed E-state index contributed by atoms with van der Waals surface area (Å²) in [5.41, 5.74) is 0.958. The Morgan fingerprint density at radius 1 is 1.40 bits per heavy atom. The van der Waals surface area contributed by atoms with Gasteiger partial charge in [0.05, 0.1) is 17.2 Å². The van der Waals surface area contributed by atoms with Gasteiger partial charge < -0.3 is 0 Å². The highest BCUT2D eigenvalue weighted by molar-refractivity contribution is 7.90. The predicted octanol–water partition coefficient (Wildman–Crippen LogP) is 2.74. The number of aromatic nitrogens is 2. The number of alkyl halides is 2. The molecule has 0 amide bonds. The molecule has 5 nitrogen and oxygen atoms in total. The zero-order valence-corrected chi connectivity index (χ0v) is 14.7. The number of sulfone groups is 1. The van der Waals surface area contributed by atoms with E-state index < -0.39 is 27.4 Å². The summed E-state index contributed by atoms with van der Waals surface area (Å²) in [7, 11) is -3.63. The number of aryl methyl sites for hydroxylation is 1. The molecular weight excluding hydrogens is 350 g/mol. The zero-order chi connectivity index (χ0) is 18.2. The lowest BCUT2D eigenvalue weighted by atomic mass is 9.88. The predicted molar refractivity (Wildman–Crippen MR) is 90.6 cm³/mol. The molecule has 1 saturated carbocycles. The van der Waals surface area contributed by atoms with Gasteiger partial charge in [-0.05, 0) is 37.3 Å². The average molecular weight is 370 g/mol. The molecule has 0 saturated heterocycles. The molecule has 8 heteroatoms. The standard InChI is InChI=1S/C17H20F2N2O3S/c1-12-4-3-7-21-15(22)8-14(20-16(12)21)11-25(23,24)10-13-5-2-6-17(18,19)9-13/h3-4,7-8,13H,2,5-6,9-11H2,1H3. The van der Waals surface area contributed by atoms with Crippen LogP contribution >= 0.6 is 0 Å². The van der Waals surface area contributed by atoms with E-state index in [0.717, 1.165) is 5.56 Å². The van der Waals surface area contributed by atoms with Crippen molar-refractivity contribution in [1.82, 2.24) is 9.38 Å². The van der Waals surface area contributed by atoms with Crippen molar-refractivity contribution in [2.45, 2.75) is 44.3 Å². The van der Waals surface area contributed by atoms with E-state index in [9.17, 15) is 22.0 Å². The molecule has 1 unspecified atom stereocenters. The smallest absolute Gasteiger partial charge is 0.258 e. The van der Waals surface area contributed by atoms with E-state index in [4.69, 9.17) is 0 Å². The van der Waals surface area contributed by atoms with Crippen molar-refractivity contribution in [3.05, 3.63) is 46.0 Å². The maximum Gasteiger partial charge on any atom is 0.258 e. The molecule has 2 aromatic heterocycles. The normalized spacial score (nSPS) is 20.7. The van der Waals surface area contributed by atoms with Gasteiger partial charge in [0.15, 0.2) is 9.84 Å². The van der Waals surface area contributed by atoms with E-state index in [1.165, 1.54) is 10.5 Å². The maximum atomic E-state index is 13.5. The molecule has 0 radical (unpaired) electrons. The van der Waals surface area contributed by atoms with Crippen molar-refractivity contribution in [1.29, 1.82) is 0 Å². The van der Waals surface area contributed by atoms with Crippen molar-refractivity contribution in [3.8, 4) is 0 Å². The Kier molecular flexibility index (Phi) is 4.66. The second kappa shape index (κ2) is 6.48. The summed E-state index contributed by atoms with van der Waals surface area (Å²) in [6.07, 6.45) is 1.83. The first-order valence-corrected chi connectivity index (χ1v) is 10.0. The fourth-order valence-corrected chi connectivity index (χ4v) is 5.16. The summed E-state index contributed by atoms with van der Waals surface area (Å²) in [4.78, 5) is 16.4. The Morgan fingerprint density at radius 3 is 2.88 bits per heavy atom. The van der Waals surface area contributed by atoms with Crippen LogP contribution in [0.3, 0.4) is 0 Å². The molecule has 1 atom stereocenters. The van der Waals surface area contributed by atoms with Crippen LogP contribution in [0.25, 0.3) is 5.65 Å². The molecule has 25 heavy (non-hydrogen) atoms. The highest BCUT2D eigenvalue weighted by atomic mass is 32.2. The summed E-state index contributed by atoms with van der Waals surface area (Å²) in [6, 6.07) is 4.69. The average Bonchev–Trinajstić information content (AvgIpc) is 2.46. The van der Waals surface area contributed by atoms with Crippen molar-refractivity contribution < 1.29 is 17.2 Å². The number of hydrogen-bond donors (Lipinski definition) is 0. The first-order chi connectivity index (χ1) is 11.7. The third-order valence-electron chi connectivity index (χ3n) is 4.54. The van der Waals surface area contributed by atoms with Crippen molar-refractivity contribution in [2.24, 2.45) is 5.92 Å². The summed E-state index contributed by atoms with van der Waals surface area (Å²) in [6.45, 7) is 1.78. The lowest BCUT2D eigenvalue weighted by Gasteiger charge is -2.28. The van der Waals surface area contributed by atoms with Gasteiger partial charge in [-0.15, -0.1) is 0 Å². The van der Waals surface area contributed by atoms with Gasteiger partial charge >= 0.3 is 0 Å². The van der Waals surface area contributed by atoms with E-state index >= 15 is 0 Å². The number of pyridine rings is 1. The molecule has 0 aromatic carbocycles. The minimum Gasteiger partial charge on any atom is -0.269 e. The van der Waals surface area contributed by atoms with Crippen LogP contribution in [0.15, 0.2) is 29.2 Å². The molecule has 3 rings (SSSR count). The first kappa shape index (κ1) is 18.0. The van der Waals surface area contributed by atoms with Crippen molar-refractivity contribution in [3.63, 3.8) is 0 Å². The minimum atomic E-state index is -3.63. The van der Waals surface area contributed by atoms with Gasteiger partial charge in [0.25, 0.3) is 5.56 Å². The number of fused-ring (bicyclic) bond motifs is 1. The van der Waals surface area contributed by atoms with Gasteiger partial charge in [-0.3, -0.25) is 9.20 Å². The molecule has 0 bridgehead atoms. The van der Waals surface area contributed by atoms with E-state index in [-0.39, 0.29) is 29.8 Å². The van der Waals surface area contributed by atoms with Crippen LogP contribution < -0.4 is 5.56 Å². The third kappa shape index (κ3) is 4.23. The van der Waals surface area contributed by atoms with Crippen LogP contribution in [-0.2, 0) is 15.6 Å². The minimum absolute atomic E-state index is 0.155. The van der Waals surface area contributed by atoms with Gasteiger partial charge in [-0.1, -0.05) is 6.07 Å². The molecule has 0 N–H and O–H groups in total. The molecule has 1 aliphatic carbocycles. The van der Waals surface area contributed by atoms with Crippen LogP contribution in [-0.4, -0.2) is 29.5 Å². The van der Waals surface area contributed by atoms with Crippen molar-refractivity contribution in [2.75, 3.05) is 5.75 Å². The van der Waals surface area contributed by atoms with Crippen LogP contribution in [0, 0.1) is 12.8 Å². The number of hydrogen-bond acceptors (Lipinski definition) is 4. The Balaban J connectivity index is 1.82. The molecular formula is C17H20F2N2O3S. The lowest BCUT2D eigenvalue weighted by Crippen LogP contribution is -2.30. The fraction of sp³-hybridized carbons (Fsp3) is 0.529. The fourth-order valence-electron chi connectivity index (χ4n) is 3.44. The van der Waals surface area contributed by atoms with E-state index in [1.807, 2.05) is 0 Å². The maximum absolute atomic E-state index is 13.5. The molecule has 2 aromatic rings. The molecule has 1 aliphatic rings. The zero-order valence-electron chi connectivity index (χ0n) is 13.9. The van der Waals surface area contributed by atoms with E-state index in [2.05, 4.69) is 4.98 Å². The quantitative estimate of drug-likeness (QED) is 0.830. The van der Waals surface area contributed by atoms with Gasteiger partial charge in [0.2, 0.25) is 5.92 Å². The summed E-state index contributed by atoms with van der Waals surface area (Å²) in [5.74, 6) is -4.03. The number of rotatable bonds is 4. The molecule has 1 fully saturated rings. The summed E-state index contributed by atoms with van der Waals surface area (Å²) in [5, 5.41) is 0. The van der Waals surface area contributed by atoms with Gasteiger partial charge in [0, 0.05) is 25.1 Å². The number of halogens is 2. The van der Waals surface area contributed by atoms with Crippen LogP contribution in [0.4, 0.5) is 8.78 Å². The molecule has 0 aliphatic heterocycles. The molecule has 2 heterocycles. The van der Waals surface area contributed by atoms with Crippen LogP contribution in [0.2, 0.25) is 0 Å². The highest BCUT2D eigenvalue weighted by Crippen LogP contribution is 2.37. The first-order valence-electron chi connectivity index (χ1n) is 8.21. The van der Waals surface area contributed by atoms with Crippen molar-refractivity contribution >= 4 is 15.5 Å². The Bertz CT molecular complexity index is 954. The monoisotopic (exact) mass is 370 g/mol. The van der Waals surface area contributed by atoms with Gasteiger partial charge in [-0.2, -0.15) is 0 Å². The molecule has 0 spiro atoms. The Morgan fingerprint density at radius 2 is 2.16 bits per heavy atom. The molecule has 136 valence electrons. The summed E-state index contributed by atoms with van der Waals surface area (Å²) < 4.78 is 53.1. The number of nitrogens with zero attached hydrogens (tertiary/aromatic N) is 2. The SMILES string of the molecule is Cc1cccn2c(=O)cc(CS(=O)(=O)CC3CCCC(F)(F)C3)nc12. The van der Waals surface area contributed by atoms with Gasteiger partial charge in [-0.25, -0.2) is 22.2 Å². The van der Waals surface area contributed by atoms with Crippen LogP contribution in [0.1, 0.15) is 36.9 Å². The highest BCUT2D eigenvalue weighted by Gasteiger charge is 2.37. The second-order valence-corrected chi connectivity index (χ2v) is 8.95. The van der Waals surface area contributed by atoms with Crippen LogP contribution in [0.5, 0.6) is 0 Å². The third-order valence-corrected chi connectivity index (χ3v) is 6.25. The van der Waals surface area contributed by atoms with Gasteiger partial charge in [0.1, 0.15) is 5.65 Å². The second-order valence-electron chi connectivity index (χ2n) is 6.84. The Labute approximate surface area is 144 Å². The Hall–Kier alpha value is -1.83.